The molecule has 8 nitrogen and oxygen atoms in total. The first-order valence-corrected chi connectivity index (χ1v) is 8.09. The quantitative estimate of drug-likeness (QED) is 0.652. The van der Waals surface area contributed by atoms with E-state index in [0.29, 0.717) is 40.5 Å². The number of rotatable bonds is 7. The van der Waals surface area contributed by atoms with E-state index in [2.05, 4.69) is 30.8 Å². The Kier molecular flexibility index (Phi) is 5.65. The number of aromatic nitrogens is 4. The largest absolute Gasteiger partial charge is 0.495 e. The van der Waals surface area contributed by atoms with Crippen molar-refractivity contribution >= 4 is 29.1 Å². The maximum atomic E-state index is 6.12. The summed E-state index contributed by atoms with van der Waals surface area (Å²) in [6, 6.07) is 9.07. The average molecular weight is 373 g/mol. The number of halogens is 1. The van der Waals surface area contributed by atoms with Crippen LogP contribution in [0.15, 0.2) is 42.7 Å². The van der Waals surface area contributed by atoms with Gasteiger partial charge in [0.25, 0.3) is 0 Å². The zero-order chi connectivity index (χ0) is 18.4. The Labute approximate surface area is 155 Å². The summed E-state index contributed by atoms with van der Waals surface area (Å²) < 4.78 is 10.6. The molecule has 1 aromatic carbocycles. The second-order valence-corrected chi connectivity index (χ2v) is 5.56. The number of benzene rings is 1. The predicted molar refractivity (Wildman–Crippen MR) is 99.2 cm³/mol. The van der Waals surface area contributed by atoms with Gasteiger partial charge in [0.2, 0.25) is 5.95 Å². The lowest BCUT2D eigenvalue weighted by Gasteiger charge is -2.13. The Hall–Kier alpha value is -3.13. The summed E-state index contributed by atoms with van der Waals surface area (Å²) in [6.45, 7) is 0.525. The molecule has 0 radical (unpaired) electrons. The van der Waals surface area contributed by atoms with Gasteiger partial charge in [0.05, 0.1) is 43.4 Å². The topological polar surface area (TPSA) is 94.1 Å². The number of nitrogens with zero attached hydrogens (tertiary/aromatic N) is 4. The Balaban J connectivity index is 1.76. The highest BCUT2D eigenvalue weighted by molar-refractivity contribution is 6.32. The summed E-state index contributed by atoms with van der Waals surface area (Å²) in [5.41, 5.74) is 1.50. The fraction of sp³-hybridized carbons (Fsp3) is 0.176. The van der Waals surface area contributed by atoms with Crippen LogP contribution in [0.2, 0.25) is 5.02 Å². The molecule has 0 saturated carbocycles. The number of anilines is 3. The molecule has 0 unspecified atom stereocenters. The molecule has 0 fully saturated rings. The number of methoxy groups -OCH3 is 2. The molecule has 3 rings (SSSR count). The van der Waals surface area contributed by atoms with Crippen molar-refractivity contribution in [2.24, 2.45) is 0 Å². The van der Waals surface area contributed by atoms with E-state index in [9.17, 15) is 0 Å². The minimum Gasteiger partial charge on any atom is -0.495 e. The summed E-state index contributed by atoms with van der Waals surface area (Å²) in [4.78, 5) is 8.63. The average Bonchev–Trinajstić information content (AvgIpc) is 2.68. The van der Waals surface area contributed by atoms with Crippen LogP contribution in [0.4, 0.5) is 17.5 Å². The zero-order valence-corrected chi connectivity index (χ0v) is 15.0. The van der Waals surface area contributed by atoms with Gasteiger partial charge in [-0.2, -0.15) is 10.1 Å². The summed E-state index contributed by atoms with van der Waals surface area (Å²) in [6.07, 6.45) is 3.27. The van der Waals surface area contributed by atoms with Crippen molar-refractivity contribution in [2.75, 3.05) is 24.9 Å². The van der Waals surface area contributed by atoms with Gasteiger partial charge in [0.15, 0.2) is 5.82 Å². The highest BCUT2D eigenvalue weighted by Gasteiger charge is 2.12. The van der Waals surface area contributed by atoms with Crippen LogP contribution in [-0.2, 0) is 6.54 Å². The van der Waals surface area contributed by atoms with Crippen molar-refractivity contribution in [2.45, 2.75) is 6.54 Å². The van der Waals surface area contributed by atoms with Crippen LogP contribution >= 0.6 is 11.6 Å². The second-order valence-electron chi connectivity index (χ2n) is 5.15. The van der Waals surface area contributed by atoms with Gasteiger partial charge in [-0.3, -0.25) is 4.98 Å². The monoisotopic (exact) mass is 372 g/mol. The maximum absolute atomic E-state index is 6.12. The van der Waals surface area contributed by atoms with E-state index in [-0.39, 0.29) is 0 Å². The minimum absolute atomic E-state index is 0.304. The van der Waals surface area contributed by atoms with Gasteiger partial charge in [-0.15, -0.1) is 5.10 Å². The fourth-order valence-corrected chi connectivity index (χ4v) is 2.43. The van der Waals surface area contributed by atoms with Gasteiger partial charge in [-0.1, -0.05) is 17.7 Å². The van der Waals surface area contributed by atoms with Gasteiger partial charge < -0.3 is 20.1 Å². The molecule has 0 aliphatic heterocycles. The van der Waals surface area contributed by atoms with Crippen molar-refractivity contribution in [3.63, 3.8) is 0 Å². The third kappa shape index (κ3) is 4.28. The first kappa shape index (κ1) is 17.7. The number of ether oxygens (including phenoxy) is 2. The highest BCUT2D eigenvalue weighted by Crippen LogP contribution is 2.36. The number of nitrogens with one attached hydrogen (secondary N) is 2. The van der Waals surface area contributed by atoms with E-state index >= 15 is 0 Å². The second kappa shape index (κ2) is 8.30. The molecular formula is C17H17ClN6O2. The number of hydrogen-bond donors (Lipinski definition) is 2. The molecule has 9 heteroatoms. The molecule has 0 spiro atoms. The highest BCUT2D eigenvalue weighted by atomic mass is 35.5. The minimum atomic E-state index is 0.304. The summed E-state index contributed by atoms with van der Waals surface area (Å²) in [5, 5.41) is 14.6. The summed E-state index contributed by atoms with van der Waals surface area (Å²) >= 11 is 6.12. The first-order chi connectivity index (χ1) is 12.7. The lowest BCUT2D eigenvalue weighted by Crippen LogP contribution is -2.07. The van der Waals surface area contributed by atoms with Crippen LogP contribution in [0.25, 0.3) is 0 Å². The molecule has 3 aromatic rings. The van der Waals surface area contributed by atoms with E-state index in [0.717, 1.165) is 5.69 Å². The Morgan fingerprint density at radius 3 is 2.69 bits per heavy atom. The molecule has 0 atom stereocenters. The number of pyridine rings is 1. The lowest BCUT2D eigenvalue weighted by molar-refractivity contribution is 0.405. The molecule has 2 aromatic heterocycles. The van der Waals surface area contributed by atoms with Gasteiger partial charge in [-0.05, 0) is 12.1 Å². The molecule has 134 valence electrons. The van der Waals surface area contributed by atoms with Gasteiger partial charge >= 0.3 is 0 Å². The normalized spacial score (nSPS) is 10.3. The van der Waals surface area contributed by atoms with Crippen molar-refractivity contribution < 1.29 is 9.47 Å². The van der Waals surface area contributed by atoms with E-state index in [1.807, 2.05) is 18.2 Å². The van der Waals surface area contributed by atoms with Crippen LogP contribution in [0.3, 0.4) is 0 Å². The molecule has 2 heterocycles. The lowest BCUT2D eigenvalue weighted by atomic mass is 10.2. The molecule has 0 saturated heterocycles. The van der Waals surface area contributed by atoms with Crippen LogP contribution in [0, 0.1) is 0 Å². The molecule has 0 bridgehead atoms. The van der Waals surface area contributed by atoms with E-state index in [1.165, 1.54) is 13.3 Å². The maximum Gasteiger partial charge on any atom is 0.249 e. The first-order valence-electron chi connectivity index (χ1n) is 7.71. The van der Waals surface area contributed by atoms with Gasteiger partial charge in [-0.25, -0.2) is 0 Å². The molecule has 26 heavy (non-hydrogen) atoms. The van der Waals surface area contributed by atoms with Crippen LogP contribution in [0.1, 0.15) is 5.69 Å². The third-order valence-corrected chi connectivity index (χ3v) is 3.75. The number of hydrogen-bond acceptors (Lipinski definition) is 8. The van der Waals surface area contributed by atoms with Crippen molar-refractivity contribution in [3.05, 3.63) is 53.4 Å². The standard InChI is InChI=1S/C17H17ClN6O2/c1-25-14-8-13(15(26-2)7-12(14)18)22-17-23-16(10-21-24-17)20-9-11-5-3-4-6-19-11/h3-8,10H,9H2,1-2H3,(H2,20,22,23,24). The summed E-state index contributed by atoms with van der Waals surface area (Å²) in [7, 11) is 3.09. The molecule has 0 amide bonds. The van der Waals surface area contributed by atoms with Crippen LogP contribution in [0.5, 0.6) is 11.5 Å². The fourth-order valence-electron chi connectivity index (χ4n) is 2.20. The van der Waals surface area contributed by atoms with Crippen LogP contribution in [-0.4, -0.2) is 34.4 Å². The van der Waals surface area contributed by atoms with E-state index in [1.54, 1.807) is 25.4 Å². The molecular weight excluding hydrogens is 356 g/mol. The molecule has 0 aliphatic rings. The Morgan fingerprint density at radius 2 is 1.96 bits per heavy atom. The van der Waals surface area contributed by atoms with Crippen molar-refractivity contribution in [3.8, 4) is 11.5 Å². The molecule has 0 aliphatic carbocycles. The third-order valence-electron chi connectivity index (χ3n) is 3.46. The van der Waals surface area contributed by atoms with E-state index < -0.39 is 0 Å². The Bertz CT molecular complexity index is 878. The van der Waals surface area contributed by atoms with E-state index in [4.69, 9.17) is 21.1 Å². The smallest absolute Gasteiger partial charge is 0.249 e. The van der Waals surface area contributed by atoms with Gasteiger partial charge in [0.1, 0.15) is 11.5 Å². The summed E-state index contributed by atoms with van der Waals surface area (Å²) in [5.74, 6) is 1.91. The van der Waals surface area contributed by atoms with Gasteiger partial charge in [0, 0.05) is 18.3 Å². The molecule has 2 N–H and O–H groups in total. The predicted octanol–water partition coefficient (Wildman–Crippen LogP) is 3.29. The Morgan fingerprint density at radius 1 is 1.12 bits per heavy atom. The SMILES string of the molecule is COc1cc(Nc2nncc(NCc3ccccn3)n2)c(OC)cc1Cl. The zero-order valence-electron chi connectivity index (χ0n) is 14.2. The van der Waals surface area contributed by atoms with Crippen molar-refractivity contribution in [1.82, 2.24) is 20.2 Å². The van der Waals surface area contributed by atoms with Crippen molar-refractivity contribution in [1.29, 1.82) is 0 Å². The van der Waals surface area contributed by atoms with Crippen LogP contribution < -0.4 is 20.1 Å².